The number of benzene rings is 2. The summed E-state index contributed by atoms with van der Waals surface area (Å²) in [5, 5.41) is 10.9. The number of alkyl halides is 3. The second-order valence-corrected chi connectivity index (χ2v) is 5.01. The number of fused-ring (bicyclic) bond motifs is 1. The molecule has 1 aliphatic rings. The Hall–Kier alpha value is -2.67. The van der Waals surface area contributed by atoms with Gasteiger partial charge in [-0.05, 0) is 18.2 Å². The molecule has 7 heteroatoms. The van der Waals surface area contributed by atoms with Crippen molar-refractivity contribution in [2.24, 2.45) is 4.99 Å². The van der Waals surface area contributed by atoms with Crippen molar-refractivity contribution in [2.75, 3.05) is 6.54 Å². The number of halogens is 3. The molecule has 0 fully saturated rings. The SMILES string of the molecule is O=C1CN(O)C(c2ccccc2)=c2cc(C(F)(F)F)ccc2=N1. The van der Waals surface area contributed by atoms with E-state index in [-0.39, 0.29) is 16.3 Å². The van der Waals surface area contributed by atoms with Crippen molar-refractivity contribution in [3.05, 3.63) is 70.2 Å². The van der Waals surface area contributed by atoms with E-state index in [1.165, 1.54) is 0 Å². The zero-order valence-corrected chi connectivity index (χ0v) is 11.7. The Bertz CT molecular complexity index is 876. The molecule has 0 spiro atoms. The van der Waals surface area contributed by atoms with E-state index in [4.69, 9.17) is 0 Å². The summed E-state index contributed by atoms with van der Waals surface area (Å²) in [4.78, 5) is 15.5. The van der Waals surface area contributed by atoms with Crippen molar-refractivity contribution in [1.29, 1.82) is 0 Å². The van der Waals surface area contributed by atoms with Crippen molar-refractivity contribution in [2.45, 2.75) is 6.18 Å². The molecule has 1 amide bonds. The zero-order chi connectivity index (χ0) is 16.6. The van der Waals surface area contributed by atoms with Crippen LogP contribution in [0.25, 0.3) is 5.70 Å². The van der Waals surface area contributed by atoms with Gasteiger partial charge in [0.2, 0.25) is 0 Å². The average molecular weight is 320 g/mol. The zero-order valence-electron chi connectivity index (χ0n) is 11.7. The lowest BCUT2D eigenvalue weighted by Crippen LogP contribution is -2.33. The van der Waals surface area contributed by atoms with E-state index < -0.39 is 24.2 Å². The predicted octanol–water partition coefficient (Wildman–Crippen LogP) is 1.71. The standard InChI is InChI=1S/C16H11F3N2O2/c17-16(18,19)11-6-7-13-12(8-11)15(10-4-2-1-3-5-10)21(23)9-14(22)20-13/h1-8,23H,9H2. The van der Waals surface area contributed by atoms with Crippen LogP contribution in [0.2, 0.25) is 0 Å². The van der Waals surface area contributed by atoms with Crippen LogP contribution in [0.1, 0.15) is 11.1 Å². The fourth-order valence-electron chi connectivity index (χ4n) is 2.42. The van der Waals surface area contributed by atoms with Gasteiger partial charge in [0, 0.05) is 10.8 Å². The third-order valence-corrected chi connectivity index (χ3v) is 3.41. The number of nitrogens with zero attached hydrogens (tertiary/aromatic N) is 2. The van der Waals surface area contributed by atoms with Crippen LogP contribution in [0.15, 0.2) is 53.5 Å². The Morgan fingerprint density at radius 3 is 2.43 bits per heavy atom. The summed E-state index contributed by atoms with van der Waals surface area (Å²) in [6.45, 7) is -0.430. The molecule has 118 valence electrons. The Balaban J connectivity index is 2.42. The molecular weight excluding hydrogens is 309 g/mol. The van der Waals surface area contributed by atoms with E-state index in [0.717, 1.165) is 18.2 Å². The highest BCUT2D eigenvalue weighted by molar-refractivity contribution is 5.82. The Labute approximate surface area is 128 Å². The van der Waals surface area contributed by atoms with Gasteiger partial charge in [-0.15, -0.1) is 0 Å². The number of carbonyl (C=O) groups excluding carboxylic acids is 1. The van der Waals surface area contributed by atoms with E-state index in [2.05, 4.69) is 4.99 Å². The highest BCUT2D eigenvalue weighted by atomic mass is 19.4. The first-order valence-corrected chi connectivity index (χ1v) is 6.71. The highest BCUT2D eigenvalue weighted by Gasteiger charge is 2.31. The van der Waals surface area contributed by atoms with Crippen LogP contribution in [0.5, 0.6) is 0 Å². The van der Waals surface area contributed by atoms with Crippen molar-refractivity contribution < 1.29 is 23.2 Å². The molecule has 0 aromatic heterocycles. The molecule has 2 aromatic rings. The van der Waals surface area contributed by atoms with Crippen molar-refractivity contribution in [1.82, 2.24) is 5.06 Å². The number of hydrogen-bond acceptors (Lipinski definition) is 3. The van der Waals surface area contributed by atoms with Gasteiger partial charge in [0.25, 0.3) is 5.91 Å². The lowest BCUT2D eigenvalue weighted by atomic mass is 10.1. The molecule has 0 bridgehead atoms. The smallest absolute Gasteiger partial charge is 0.288 e. The Kier molecular flexibility index (Phi) is 3.65. The molecule has 23 heavy (non-hydrogen) atoms. The number of carbonyl (C=O) groups is 1. The average Bonchev–Trinajstić information content (AvgIpc) is 2.61. The second-order valence-electron chi connectivity index (χ2n) is 5.01. The number of hydroxylamine groups is 2. The number of hydrogen-bond donors (Lipinski definition) is 1. The molecule has 1 aliphatic heterocycles. The maximum Gasteiger partial charge on any atom is 0.416 e. The molecular formula is C16H11F3N2O2. The Morgan fingerprint density at radius 1 is 1.09 bits per heavy atom. The van der Waals surface area contributed by atoms with Gasteiger partial charge >= 0.3 is 6.18 Å². The Morgan fingerprint density at radius 2 is 1.78 bits per heavy atom. The van der Waals surface area contributed by atoms with E-state index >= 15 is 0 Å². The van der Waals surface area contributed by atoms with Gasteiger partial charge < -0.3 is 0 Å². The van der Waals surface area contributed by atoms with Crippen molar-refractivity contribution in [3.8, 4) is 0 Å². The molecule has 1 N–H and O–H groups in total. The van der Waals surface area contributed by atoms with Crippen LogP contribution in [0.4, 0.5) is 13.2 Å². The van der Waals surface area contributed by atoms with Crippen LogP contribution in [0.3, 0.4) is 0 Å². The number of amides is 1. The fourth-order valence-corrected chi connectivity index (χ4v) is 2.42. The molecule has 0 unspecified atom stereocenters. The normalized spacial score (nSPS) is 15.0. The van der Waals surface area contributed by atoms with Crippen LogP contribution < -0.4 is 10.6 Å². The molecule has 0 saturated carbocycles. The summed E-state index contributed by atoms with van der Waals surface area (Å²) in [6, 6.07) is 11.3. The predicted molar refractivity (Wildman–Crippen MR) is 74.7 cm³/mol. The molecule has 0 atom stereocenters. The summed E-state index contributed by atoms with van der Waals surface area (Å²) < 4.78 is 38.9. The monoisotopic (exact) mass is 320 g/mol. The lowest BCUT2D eigenvalue weighted by molar-refractivity contribution is -0.137. The van der Waals surface area contributed by atoms with Crippen LogP contribution >= 0.6 is 0 Å². The van der Waals surface area contributed by atoms with Gasteiger partial charge in [-0.2, -0.15) is 13.2 Å². The fraction of sp³-hybridized carbons (Fsp3) is 0.125. The van der Waals surface area contributed by atoms with Gasteiger partial charge in [0.15, 0.2) is 0 Å². The third kappa shape index (κ3) is 2.95. The maximum atomic E-state index is 13.0. The molecule has 2 aromatic carbocycles. The molecule has 0 saturated heterocycles. The first-order valence-electron chi connectivity index (χ1n) is 6.71. The van der Waals surface area contributed by atoms with E-state index in [1.807, 2.05) is 0 Å². The maximum absolute atomic E-state index is 13.0. The minimum Gasteiger partial charge on any atom is -0.288 e. The molecule has 0 aliphatic carbocycles. The second kappa shape index (κ2) is 5.51. The minimum absolute atomic E-state index is 0.0550. The van der Waals surface area contributed by atoms with E-state index in [1.54, 1.807) is 30.3 Å². The molecule has 4 nitrogen and oxygen atoms in total. The quantitative estimate of drug-likeness (QED) is 0.870. The van der Waals surface area contributed by atoms with Crippen molar-refractivity contribution in [3.63, 3.8) is 0 Å². The highest BCUT2D eigenvalue weighted by Crippen LogP contribution is 2.27. The van der Waals surface area contributed by atoms with Gasteiger partial charge in [-0.25, -0.2) is 10.1 Å². The summed E-state index contributed by atoms with van der Waals surface area (Å²) >= 11 is 0. The lowest BCUT2D eigenvalue weighted by Gasteiger charge is -2.18. The van der Waals surface area contributed by atoms with Gasteiger partial charge in [0.1, 0.15) is 6.54 Å². The van der Waals surface area contributed by atoms with Crippen LogP contribution in [0, 0.1) is 0 Å². The van der Waals surface area contributed by atoms with E-state index in [0.29, 0.717) is 10.6 Å². The minimum atomic E-state index is -4.53. The summed E-state index contributed by atoms with van der Waals surface area (Å²) in [5.74, 6) is -0.639. The first-order chi connectivity index (χ1) is 10.9. The summed E-state index contributed by atoms with van der Waals surface area (Å²) in [6.07, 6.45) is -4.53. The van der Waals surface area contributed by atoms with E-state index in [9.17, 15) is 23.2 Å². The molecule has 3 rings (SSSR count). The van der Waals surface area contributed by atoms with Crippen LogP contribution in [-0.4, -0.2) is 22.7 Å². The molecule has 0 radical (unpaired) electrons. The van der Waals surface area contributed by atoms with Crippen LogP contribution in [-0.2, 0) is 11.0 Å². The third-order valence-electron chi connectivity index (χ3n) is 3.41. The van der Waals surface area contributed by atoms with Gasteiger partial charge in [-0.1, -0.05) is 30.3 Å². The topological polar surface area (TPSA) is 52.9 Å². The molecule has 1 heterocycles. The van der Waals surface area contributed by atoms with Gasteiger partial charge in [-0.3, -0.25) is 10.0 Å². The van der Waals surface area contributed by atoms with Crippen molar-refractivity contribution >= 4 is 11.6 Å². The summed E-state index contributed by atoms with van der Waals surface area (Å²) in [7, 11) is 0. The largest absolute Gasteiger partial charge is 0.416 e. The number of rotatable bonds is 1. The first kappa shape index (κ1) is 15.2. The van der Waals surface area contributed by atoms with Gasteiger partial charge in [0.05, 0.1) is 16.6 Å². The summed E-state index contributed by atoms with van der Waals surface area (Å²) in [5.41, 5.74) is -0.274.